The summed E-state index contributed by atoms with van der Waals surface area (Å²) in [7, 11) is 0. The number of hydrogen-bond donors (Lipinski definition) is 0. The summed E-state index contributed by atoms with van der Waals surface area (Å²) in [5, 5.41) is 2.87. The minimum atomic E-state index is 0.405. The van der Waals surface area contributed by atoms with Crippen molar-refractivity contribution in [2.24, 2.45) is 0 Å². The first-order valence-electron chi connectivity index (χ1n) is 4.49. The lowest BCUT2D eigenvalue weighted by Crippen LogP contribution is -1.95. The van der Waals surface area contributed by atoms with Crippen LogP contribution in [0.2, 0.25) is 0 Å². The van der Waals surface area contributed by atoms with Gasteiger partial charge in [-0.15, -0.1) is 11.3 Å². The zero-order valence-electron chi connectivity index (χ0n) is 8.14. The van der Waals surface area contributed by atoms with Gasteiger partial charge in [0.2, 0.25) is 0 Å². The van der Waals surface area contributed by atoms with E-state index in [0.29, 0.717) is 5.92 Å². The molecule has 2 heterocycles. The fourth-order valence-electron chi connectivity index (χ4n) is 1.11. The molecule has 0 N–H and O–H groups in total. The number of hydrogen-bond acceptors (Lipinski definition) is 4. The molecule has 0 atom stereocenters. The van der Waals surface area contributed by atoms with Crippen LogP contribution in [0.15, 0.2) is 24.0 Å². The van der Waals surface area contributed by atoms with Crippen LogP contribution in [0, 0.1) is 0 Å². The molecule has 0 unspecified atom stereocenters. The summed E-state index contributed by atoms with van der Waals surface area (Å²) in [5.74, 6) is 0.405. The Hall–Kier alpha value is -1.29. The van der Waals surface area contributed by atoms with E-state index in [1.807, 2.05) is 11.6 Å². The second-order valence-corrected chi connectivity index (χ2v) is 4.22. The average Bonchev–Trinajstić information content (AvgIpc) is 2.71. The van der Waals surface area contributed by atoms with Crippen LogP contribution in [0.1, 0.15) is 25.5 Å². The molecule has 0 aliphatic heterocycles. The average molecular weight is 205 g/mol. The van der Waals surface area contributed by atoms with Gasteiger partial charge in [0, 0.05) is 17.8 Å². The van der Waals surface area contributed by atoms with Gasteiger partial charge in [0.25, 0.3) is 0 Å². The predicted octanol–water partition coefficient (Wildman–Crippen LogP) is 2.72. The molecule has 0 aliphatic rings. The SMILES string of the molecule is CC(C)c1cncc(-c2nccs2)n1. The summed E-state index contributed by atoms with van der Waals surface area (Å²) < 4.78 is 0. The highest BCUT2D eigenvalue weighted by atomic mass is 32.1. The number of thiazole rings is 1. The van der Waals surface area contributed by atoms with E-state index in [1.165, 1.54) is 0 Å². The van der Waals surface area contributed by atoms with Gasteiger partial charge in [-0.25, -0.2) is 9.97 Å². The maximum Gasteiger partial charge on any atom is 0.143 e. The molecule has 0 spiro atoms. The second-order valence-electron chi connectivity index (χ2n) is 3.32. The van der Waals surface area contributed by atoms with Crippen molar-refractivity contribution in [2.45, 2.75) is 19.8 Å². The van der Waals surface area contributed by atoms with E-state index >= 15 is 0 Å². The summed E-state index contributed by atoms with van der Waals surface area (Å²) in [6.45, 7) is 4.21. The quantitative estimate of drug-likeness (QED) is 0.756. The van der Waals surface area contributed by atoms with Crippen molar-refractivity contribution in [3.05, 3.63) is 29.7 Å². The Balaban J connectivity index is 2.41. The minimum absolute atomic E-state index is 0.405. The van der Waals surface area contributed by atoms with Gasteiger partial charge in [0.05, 0.1) is 11.9 Å². The number of rotatable bonds is 2. The molecule has 3 nitrogen and oxygen atoms in total. The van der Waals surface area contributed by atoms with Crippen molar-refractivity contribution in [1.82, 2.24) is 15.0 Å². The van der Waals surface area contributed by atoms with Gasteiger partial charge >= 0.3 is 0 Å². The molecule has 0 aliphatic carbocycles. The zero-order valence-corrected chi connectivity index (χ0v) is 8.95. The lowest BCUT2D eigenvalue weighted by molar-refractivity contribution is 0.813. The van der Waals surface area contributed by atoms with E-state index in [-0.39, 0.29) is 0 Å². The third-order valence-corrected chi connectivity index (χ3v) is 2.69. The molecule has 2 aromatic heterocycles. The second kappa shape index (κ2) is 3.84. The molecule has 2 aromatic rings. The largest absolute Gasteiger partial charge is 0.260 e. The Kier molecular flexibility index (Phi) is 2.54. The topological polar surface area (TPSA) is 38.7 Å². The summed E-state index contributed by atoms with van der Waals surface area (Å²) >= 11 is 1.58. The van der Waals surface area contributed by atoms with Gasteiger partial charge in [-0.05, 0) is 5.92 Å². The highest BCUT2D eigenvalue weighted by Gasteiger charge is 2.06. The van der Waals surface area contributed by atoms with Crippen molar-refractivity contribution in [2.75, 3.05) is 0 Å². The maximum atomic E-state index is 4.50. The van der Waals surface area contributed by atoms with Crippen LogP contribution in [0.3, 0.4) is 0 Å². The van der Waals surface area contributed by atoms with E-state index in [2.05, 4.69) is 28.8 Å². The first-order chi connectivity index (χ1) is 6.77. The van der Waals surface area contributed by atoms with Crippen LogP contribution in [0.25, 0.3) is 10.7 Å². The molecule has 14 heavy (non-hydrogen) atoms. The molecule has 0 amide bonds. The first kappa shape index (κ1) is 9.27. The lowest BCUT2D eigenvalue weighted by atomic mass is 10.1. The smallest absolute Gasteiger partial charge is 0.143 e. The highest BCUT2D eigenvalue weighted by molar-refractivity contribution is 7.13. The van der Waals surface area contributed by atoms with Crippen LogP contribution in [-0.4, -0.2) is 15.0 Å². The van der Waals surface area contributed by atoms with Gasteiger partial charge in [0.15, 0.2) is 0 Å². The molecule has 0 bridgehead atoms. The van der Waals surface area contributed by atoms with E-state index in [4.69, 9.17) is 0 Å². The Morgan fingerprint density at radius 3 is 2.79 bits per heavy atom. The number of aromatic nitrogens is 3. The van der Waals surface area contributed by atoms with E-state index in [1.54, 1.807) is 23.7 Å². The highest BCUT2D eigenvalue weighted by Crippen LogP contribution is 2.20. The Morgan fingerprint density at radius 2 is 2.14 bits per heavy atom. The van der Waals surface area contributed by atoms with Crippen molar-refractivity contribution < 1.29 is 0 Å². The summed E-state index contributed by atoms with van der Waals surface area (Å²) in [5.41, 5.74) is 1.88. The molecule has 0 aromatic carbocycles. The standard InChI is InChI=1S/C10H11N3S/c1-7(2)8-5-11-6-9(13-8)10-12-3-4-14-10/h3-7H,1-2H3. The van der Waals surface area contributed by atoms with E-state index in [0.717, 1.165) is 16.4 Å². The molecule has 0 saturated carbocycles. The fourth-order valence-corrected chi connectivity index (χ4v) is 1.70. The van der Waals surface area contributed by atoms with Gasteiger partial charge in [-0.1, -0.05) is 13.8 Å². The van der Waals surface area contributed by atoms with E-state index in [9.17, 15) is 0 Å². The monoisotopic (exact) mass is 205 g/mol. The van der Waals surface area contributed by atoms with Gasteiger partial charge < -0.3 is 0 Å². The molecular formula is C10H11N3S. The Bertz CT molecular complexity index is 409. The molecule has 72 valence electrons. The predicted molar refractivity (Wildman–Crippen MR) is 57.2 cm³/mol. The maximum absolute atomic E-state index is 4.50. The van der Waals surface area contributed by atoms with Gasteiger partial charge in [-0.2, -0.15) is 0 Å². The van der Waals surface area contributed by atoms with Crippen LogP contribution in [-0.2, 0) is 0 Å². The van der Waals surface area contributed by atoms with Crippen molar-refractivity contribution >= 4 is 11.3 Å². The lowest BCUT2D eigenvalue weighted by Gasteiger charge is -2.03. The Morgan fingerprint density at radius 1 is 1.29 bits per heavy atom. The van der Waals surface area contributed by atoms with Gasteiger partial charge in [0.1, 0.15) is 10.7 Å². The third kappa shape index (κ3) is 1.80. The normalized spacial score (nSPS) is 10.8. The van der Waals surface area contributed by atoms with Crippen molar-refractivity contribution in [3.8, 4) is 10.7 Å². The third-order valence-electron chi connectivity index (χ3n) is 1.90. The molecular weight excluding hydrogens is 194 g/mol. The van der Waals surface area contributed by atoms with E-state index < -0.39 is 0 Å². The zero-order chi connectivity index (χ0) is 9.97. The molecule has 2 rings (SSSR count). The summed E-state index contributed by atoms with van der Waals surface area (Å²) in [4.78, 5) is 12.9. The van der Waals surface area contributed by atoms with Crippen molar-refractivity contribution in [3.63, 3.8) is 0 Å². The van der Waals surface area contributed by atoms with Crippen LogP contribution >= 0.6 is 11.3 Å². The van der Waals surface area contributed by atoms with Gasteiger partial charge in [-0.3, -0.25) is 4.98 Å². The minimum Gasteiger partial charge on any atom is -0.260 e. The molecule has 4 heteroatoms. The number of nitrogens with zero attached hydrogens (tertiary/aromatic N) is 3. The van der Waals surface area contributed by atoms with Crippen LogP contribution in [0.4, 0.5) is 0 Å². The fraction of sp³-hybridized carbons (Fsp3) is 0.300. The molecule has 0 fully saturated rings. The molecule has 0 saturated heterocycles. The molecule has 0 radical (unpaired) electrons. The van der Waals surface area contributed by atoms with Crippen LogP contribution in [0.5, 0.6) is 0 Å². The van der Waals surface area contributed by atoms with Crippen molar-refractivity contribution in [1.29, 1.82) is 0 Å². The summed E-state index contributed by atoms with van der Waals surface area (Å²) in [6.07, 6.45) is 5.34. The first-order valence-corrected chi connectivity index (χ1v) is 5.37. The van der Waals surface area contributed by atoms with Crippen LogP contribution < -0.4 is 0 Å². The summed E-state index contributed by atoms with van der Waals surface area (Å²) in [6, 6.07) is 0. The Labute approximate surface area is 86.9 Å².